The summed E-state index contributed by atoms with van der Waals surface area (Å²) in [5.41, 5.74) is 0.436. The van der Waals surface area contributed by atoms with Crippen LogP contribution in [0.2, 0.25) is 5.02 Å². The molecular formula is C21H20ClFeN3O3. The molecule has 3 aromatic rings. The molecule has 0 bridgehead atoms. The molecule has 0 saturated heterocycles. The van der Waals surface area contributed by atoms with Gasteiger partial charge in [-0.25, -0.2) is 0 Å². The Kier molecular flexibility index (Phi) is 8.02. The number of carbonyl (C=O) groups excluding carboxylic acids is 1. The molecule has 0 aromatic heterocycles. The molecule has 0 spiro atoms. The molecule has 0 aliphatic rings. The maximum atomic E-state index is 12.5. The number of rotatable bonds is 6. The Bertz CT molecular complexity index is 1060. The predicted octanol–water partition coefficient (Wildman–Crippen LogP) is 5.85. The molecule has 0 unspecified atom stereocenters. The van der Waals surface area contributed by atoms with Gasteiger partial charge in [-0.15, -0.1) is 10.2 Å². The molecule has 0 saturated carbocycles. The molecule has 3 N–H and O–H groups in total. The second-order valence-corrected chi connectivity index (χ2v) is 6.72. The molecule has 0 fully saturated rings. The summed E-state index contributed by atoms with van der Waals surface area (Å²) in [7, 11) is 0. The van der Waals surface area contributed by atoms with Gasteiger partial charge in [0.25, 0.3) is 5.91 Å². The first kappa shape index (κ1) is 22.7. The van der Waals surface area contributed by atoms with Crippen molar-refractivity contribution >= 4 is 39.7 Å². The van der Waals surface area contributed by atoms with Gasteiger partial charge in [0.15, 0.2) is 5.75 Å². The molecule has 0 aliphatic heterocycles. The zero-order valence-electron chi connectivity index (χ0n) is 15.7. The molecule has 3 rings (SSSR count). The average molecular weight is 454 g/mol. The summed E-state index contributed by atoms with van der Waals surface area (Å²) in [6.45, 7) is 2.55. The quantitative estimate of drug-likeness (QED) is 0.248. The molecule has 1 amide bonds. The van der Waals surface area contributed by atoms with Crippen molar-refractivity contribution in [3.63, 3.8) is 0 Å². The first-order chi connectivity index (χ1) is 13.5. The minimum Gasteiger partial charge on any atom is -0.506 e. The normalized spacial score (nSPS) is 10.8. The van der Waals surface area contributed by atoms with E-state index in [1.165, 1.54) is 18.2 Å². The zero-order chi connectivity index (χ0) is 20.1. The third-order valence-electron chi connectivity index (χ3n) is 4.25. The largest absolute Gasteiger partial charge is 0.506 e. The summed E-state index contributed by atoms with van der Waals surface area (Å²) < 4.78 is 0. The van der Waals surface area contributed by atoms with Crippen molar-refractivity contribution in [1.82, 2.24) is 5.32 Å². The standard InChI is InChI=1S/C21H20ClN3O3.Fe/c1-2-3-10-23-21(28)16-11-13-6-4-5-7-15(13)19(20(16)27)25-24-17-12-14(22)8-9-18(17)26;/h4-9,11-12,26-27H,2-3,10H2,1H3,(H,23,28);. The van der Waals surface area contributed by atoms with Gasteiger partial charge in [0.05, 0.1) is 5.56 Å². The first-order valence-electron chi connectivity index (χ1n) is 8.94. The van der Waals surface area contributed by atoms with Crippen LogP contribution in [0.15, 0.2) is 58.8 Å². The molecule has 0 heterocycles. The van der Waals surface area contributed by atoms with Gasteiger partial charge in [0.2, 0.25) is 0 Å². The summed E-state index contributed by atoms with van der Waals surface area (Å²) in [6, 6.07) is 13.3. The maximum absolute atomic E-state index is 12.5. The SMILES string of the molecule is CCCCNC(=O)c1cc2ccccc2c(N=Nc2cc(Cl)ccc2O)c1O.[Fe]. The molecule has 152 valence electrons. The van der Waals surface area contributed by atoms with E-state index < -0.39 is 0 Å². The third kappa shape index (κ3) is 5.26. The van der Waals surface area contributed by atoms with Crippen LogP contribution in [0.4, 0.5) is 11.4 Å². The number of aromatic hydroxyl groups is 2. The number of nitrogens with zero attached hydrogens (tertiary/aromatic N) is 2. The van der Waals surface area contributed by atoms with Crippen molar-refractivity contribution in [2.45, 2.75) is 19.8 Å². The van der Waals surface area contributed by atoms with Gasteiger partial charge in [0.1, 0.15) is 17.1 Å². The van der Waals surface area contributed by atoms with Crippen molar-refractivity contribution in [3.05, 3.63) is 59.1 Å². The van der Waals surface area contributed by atoms with Crippen LogP contribution in [-0.4, -0.2) is 22.7 Å². The Morgan fingerprint density at radius 3 is 2.62 bits per heavy atom. The number of carbonyl (C=O) groups is 1. The number of azo groups is 1. The minimum atomic E-state index is -0.376. The summed E-state index contributed by atoms with van der Waals surface area (Å²) in [5, 5.41) is 33.3. The van der Waals surface area contributed by atoms with Crippen LogP contribution >= 0.6 is 11.6 Å². The van der Waals surface area contributed by atoms with Gasteiger partial charge in [0, 0.05) is 34.0 Å². The Hall–Kier alpha value is -2.60. The predicted molar refractivity (Wildman–Crippen MR) is 110 cm³/mol. The van der Waals surface area contributed by atoms with Crippen molar-refractivity contribution in [1.29, 1.82) is 0 Å². The van der Waals surface area contributed by atoms with Gasteiger partial charge in [-0.2, -0.15) is 0 Å². The molecule has 3 aromatic carbocycles. The number of amides is 1. The van der Waals surface area contributed by atoms with Crippen LogP contribution in [0.5, 0.6) is 11.5 Å². The van der Waals surface area contributed by atoms with E-state index >= 15 is 0 Å². The van der Waals surface area contributed by atoms with Crippen LogP contribution < -0.4 is 5.32 Å². The van der Waals surface area contributed by atoms with Crippen LogP contribution in [0.3, 0.4) is 0 Å². The van der Waals surface area contributed by atoms with Crippen molar-refractivity contribution < 1.29 is 32.1 Å². The number of hydrogen-bond acceptors (Lipinski definition) is 5. The van der Waals surface area contributed by atoms with Crippen molar-refractivity contribution in [3.8, 4) is 11.5 Å². The molecular weight excluding hydrogens is 434 g/mol. The minimum absolute atomic E-state index is 0. The monoisotopic (exact) mass is 453 g/mol. The fourth-order valence-electron chi connectivity index (χ4n) is 2.75. The van der Waals surface area contributed by atoms with Gasteiger partial charge in [-0.05, 0) is 36.1 Å². The Labute approximate surface area is 184 Å². The summed E-state index contributed by atoms with van der Waals surface area (Å²) >= 11 is 5.94. The second kappa shape index (κ2) is 10.3. The van der Waals surface area contributed by atoms with E-state index in [4.69, 9.17) is 11.6 Å². The van der Waals surface area contributed by atoms with E-state index in [-0.39, 0.29) is 51.4 Å². The molecule has 0 aliphatic carbocycles. The molecule has 0 atom stereocenters. The number of fused-ring (bicyclic) bond motifs is 1. The number of nitrogens with one attached hydrogen (secondary N) is 1. The second-order valence-electron chi connectivity index (χ2n) is 6.28. The third-order valence-corrected chi connectivity index (χ3v) is 4.49. The topological polar surface area (TPSA) is 94.3 Å². The number of benzene rings is 3. The number of hydrogen-bond donors (Lipinski definition) is 3. The van der Waals surface area contributed by atoms with Gasteiger partial charge >= 0.3 is 0 Å². The van der Waals surface area contributed by atoms with Crippen LogP contribution in [0, 0.1) is 0 Å². The van der Waals surface area contributed by atoms with Crippen LogP contribution in [0.1, 0.15) is 30.1 Å². The smallest absolute Gasteiger partial charge is 0.255 e. The van der Waals surface area contributed by atoms with Crippen molar-refractivity contribution in [2.24, 2.45) is 10.2 Å². The summed E-state index contributed by atoms with van der Waals surface area (Å²) in [5.74, 6) is -0.734. The van der Waals surface area contributed by atoms with E-state index in [1.807, 2.05) is 19.1 Å². The van der Waals surface area contributed by atoms with E-state index in [0.717, 1.165) is 18.2 Å². The number of phenols is 2. The van der Waals surface area contributed by atoms with E-state index in [9.17, 15) is 15.0 Å². The zero-order valence-corrected chi connectivity index (χ0v) is 17.5. The number of phenolic OH excluding ortho intramolecular Hbond substituents is 2. The van der Waals surface area contributed by atoms with Crippen LogP contribution in [-0.2, 0) is 17.1 Å². The first-order valence-corrected chi connectivity index (χ1v) is 9.32. The number of halogens is 1. The number of unbranched alkanes of at least 4 members (excludes halogenated alkanes) is 1. The molecule has 8 heteroatoms. The fraction of sp³-hybridized carbons (Fsp3) is 0.190. The molecule has 29 heavy (non-hydrogen) atoms. The Balaban J connectivity index is 0.00000300. The van der Waals surface area contributed by atoms with E-state index in [1.54, 1.807) is 18.2 Å². The Morgan fingerprint density at radius 2 is 1.86 bits per heavy atom. The summed E-state index contributed by atoms with van der Waals surface area (Å²) in [4.78, 5) is 12.5. The Morgan fingerprint density at radius 1 is 1.10 bits per heavy atom. The van der Waals surface area contributed by atoms with E-state index in [2.05, 4.69) is 15.5 Å². The van der Waals surface area contributed by atoms with E-state index in [0.29, 0.717) is 17.0 Å². The van der Waals surface area contributed by atoms with Crippen molar-refractivity contribution in [2.75, 3.05) is 6.54 Å². The fourth-order valence-corrected chi connectivity index (χ4v) is 2.91. The maximum Gasteiger partial charge on any atom is 0.255 e. The van der Waals surface area contributed by atoms with Crippen LogP contribution in [0.25, 0.3) is 10.8 Å². The molecule has 6 nitrogen and oxygen atoms in total. The van der Waals surface area contributed by atoms with Gasteiger partial charge < -0.3 is 15.5 Å². The average Bonchev–Trinajstić information content (AvgIpc) is 2.69. The summed E-state index contributed by atoms with van der Waals surface area (Å²) in [6.07, 6.45) is 1.80. The van der Waals surface area contributed by atoms with Gasteiger partial charge in [-0.1, -0.05) is 49.2 Å². The van der Waals surface area contributed by atoms with Gasteiger partial charge in [-0.3, -0.25) is 4.79 Å². The molecule has 0 radical (unpaired) electrons.